The molecule has 7 nitrogen and oxygen atoms in total. The third-order valence-electron chi connectivity index (χ3n) is 8.98. The van der Waals surface area contributed by atoms with Gasteiger partial charge in [0.05, 0.1) is 35.2 Å². The first-order chi connectivity index (χ1) is 19.8. The summed E-state index contributed by atoms with van der Waals surface area (Å²) in [7, 11) is 0. The van der Waals surface area contributed by atoms with Gasteiger partial charge >= 0.3 is 0 Å². The number of likely N-dealkylation sites (tertiary alicyclic amines) is 2. The Labute approximate surface area is 236 Å². The van der Waals surface area contributed by atoms with Crippen LogP contribution in [-0.4, -0.2) is 69.9 Å². The summed E-state index contributed by atoms with van der Waals surface area (Å²) in [6.07, 6.45) is 17.3. The first-order valence-electron chi connectivity index (χ1n) is 15.2. The van der Waals surface area contributed by atoms with Crippen molar-refractivity contribution in [2.24, 2.45) is 0 Å². The second-order valence-electron chi connectivity index (χ2n) is 11.5. The molecule has 2 aromatic heterocycles. The second-order valence-corrected chi connectivity index (χ2v) is 11.5. The fourth-order valence-electron chi connectivity index (χ4n) is 6.83. The molecule has 0 unspecified atom stereocenters. The number of aromatic nitrogens is 3. The van der Waals surface area contributed by atoms with Crippen LogP contribution in [-0.2, 0) is 6.54 Å². The van der Waals surface area contributed by atoms with E-state index in [1.165, 1.54) is 80.0 Å². The van der Waals surface area contributed by atoms with Gasteiger partial charge < -0.3 is 19.9 Å². The predicted molar refractivity (Wildman–Crippen MR) is 160 cm³/mol. The Hall–Kier alpha value is -3.42. The highest BCUT2D eigenvalue weighted by Gasteiger charge is 2.25. The van der Waals surface area contributed by atoms with Crippen molar-refractivity contribution in [3.63, 3.8) is 0 Å². The molecule has 208 valence electrons. The molecule has 0 aliphatic carbocycles. The van der Waals surface area contributed by atoms with E-state index in [1.807, 2.05) is 30.6 Å². The maximum Gasteiger partial charge on any atom is 0.121 e. The Kier molecular flexibility index (Phi) is 7.40. The van der Waals surface area contributed by atoms with Crippen molar-refractivity contribution in [3.8, 4) is 5.75 Å². The molecule has 0 atom stereocenters. The molecule has 7 rings (SSSR count). The van der Waals surface area contributed by atoms with E-state index in [1.54, 1.807) is 0 Å². The fourth-order valence-corrected chi connectivity index (χ4v) is 6.83. The number of pyridine rings is 1. The Balaban J connectivity index is 1.02. The lowest BCUT2D eigenvalue weighted by atomic mass is 9.96. The van der Waals surface area contributed by atoms with Gasteiger partial charge in [0.1, 0.15) is 5.75 Å². The van der Waals surface area contributed by atoms with Gasteiger partial charge in [-0.25, -0.2) is 0 Å². The molecule has 4 aliphatic heterocycles. The smallest absolute Gasteiger partial charge is 0.121 e. The van der Waals surface area contributed by atoms with E-state index >= 15 is 0 Å². The van der Waals surface area contributed by atoms with Gasteiger partial charge in [0.15, 0.2) is 0 Å². The summed E-state index contributed by atoms with van der Waals surface area (Å²) in [6, 6.07) is 13.3. The van der Waals surface area contributed by atoms with Crippen molar-refractivity contribution in [2.45, 2.75) is 57.5 Å². The minimum atomic E-state index is 0.732. The number of anilines is 1. The highest BCUT2D eigenvalue weighted by atomic mass is 16.5. The van der Waals surface area contributed by atoms with E-state index in [4.69, 9.17) is 4.74 Å². The average molecular weight is 537 g/mol. The van der Waals surface area contributed by atoms with E-state index < -0.39 is 0 Å². The third kappa shape index (κ3) is 5.32. The van der Waals surface area contributed by atoms with Gasteiger partial charge in [0.2, 0.25) is 0 Å². The summed E-state index contributed by atoms with van der Waals surface area (Å²) in [5.74, 6) is 0.906. The van der Waals surface area contributed by atoms with Gasteiger partial charge in [-0.15, -0.1) is 0 Å². The van der Waals surface area contributed by atoms with Crippen LogP contribution in [0.5, 0.6) is 5.75 Å². The largest absolute Gasteiger partial charge is 0.493 e. The number of allylic oxidation sites excluding steroid dienone is 1. The minimum Gasteiger partial charge on any atom is -0.493 e. The molecule has 1 aromatic carbocycles. The molecular weight excluding hydrogens is 496 g/mol. The number of rotatable bonds is 7. The molecule has 2 saturated heterocycles. The van der Waals surface area contributed by atoms with Gasteiger partial charge in [-0.1, -0.05) is 18.6 Å². The predicted octanol–water partition coefficient (Wildman–Crippen LogP) is 3.85. The van der Waals surface area contributed by atoms with Crippen LogP contribution in [0.1, 0.15) is 56.2 Å². The lowest BCUT2D eigenvalue weighted by Crippen LogP contribution is -2.46. The van der Waals surface area contributed by atoms with Crippen LogP contribution in [0.3, 0.4) is 0 Å². The van der Waals surface area contributed by atoms with E-state index in [0.717, 1.165) is 61.4 Å². The number of aryl methyl sites for hydroxylation is 1. The fraction of sp³-hybridized carbons (Fsp3) is 0.455. The van der Waals surface area contributed by atoms with E-state index in [9.17, 15) is 0 Å². The molecule has 6 heterocycles. The van der Waals surface area contributed by atoms with Gasteiger partial charge in [-0.2, -0.15) is 5.10 Å². The number of benzene rings is 1. The lowest BCUT2D eigenvalue weighted by Gasteiger charge is -2.40. The molecule has 1 N–H and O–H groups in total. The summed E-state index contributed by atoms with van der Waals surface area (Å²) in [5, 5.41) is 10.7. The standard InChI is InChI=1S/C33H40N6O/c1-4-16-38(17-5-1)25-12-19-37(20-13-25)15-7-21-40-26-10-11-27-28(29-24-35-39-18-6-9-33(29)39)23-32(36-31(27)22-26)30-8-2-3-14-34-30/h2-3,8-11,14,22-25,36H,1,4-7,12-13,15-21H2. The number of nitrogens with zero attached hydrogens (tertiary/aromatic N) is 5. The number of nitrogens with one attached hydrogen (secondary N) is 1. The number of hydrogen-bond acceptors (Lipinski definition) is 6. The normalized spacial score (nSPS) is 21.2. The maximum atomic E-state index is 6.28. The molecule has 2 fully saturated rings. The molecule has 0 amide bonds. The zero-order chi connectivity index (χ0) is 26.7. The van der Waals surface area contributed by atoms with Crippen LogP contribution < -0.4 is 20.6 Å². The Morgan fingerprint density at radius 1 is 0.975 bits per heavy atom. The number of piperidine rings is 2. The number of hydrogen-bond donors (Lipinski definition) is 1. The maximum absolute atomic E-state index is 6.28. The minimum absolute atomic E-state index is 0.732. The van der Waals surface area contributed by atoms with Gasteiger partial charge in [-0.05, 0) is 101 Å². The molecule has 0 bridgehead atoms. The highest BCUT2D eigenvalue weighted by molar-refractivity contribution is 5.96. The zero-order valence-corrected chi connectivity index (χ0v) is 23.4. The zero-order valence-electron chi connectivity index (χ0n) is 23.4. The first kappa shape index (κ1) is 25.5. The van der Waals surface area contributed by atoms with Crippen LogP contribution >= 0.6 is 0 Å². The molecule has 7 heteroatoms. The molecule has 0 spiro atoms. The van der Waals surface area contributed by atoms with E-state index in [-0.39, 0.29) is 0 Å². The van der Waals surface area contributed by atoms with Crippen molar-refractivity contribution in [1.82, 2.24) is 24.6 Å². The summed E-state index contributed by atoms with van der Waals surface area (Å²) in [6.45, 7) is 7.88. The van der Waals surface area contributed by atoms with Crippen LogP contribution in [0.4, 0.5) is 5.69 Å². The second kappa shape index (κ2) is 11.6. The molecule has 0 saturated carbocycles. The SMILES string of the molecule is C1=C(c2ccccn2)Nc2cc(OCCCN3CCC(N4CCCCC4)CC3)ccc2C1=c1cnn2c1=CCC2. The Bertz CT molecular complexity index is 1480. The molecule has 3 aromatic rings. The van der Waals surface area contributed by atoms with Crippen molar-refractivity contribution < 1.29 is 4.74 Å². The van der Waals surface area contributed by atoms with Crippen LogP contribution in [0.25, 0.3) is 17.3 Å². The lowest BCUT2D eigenvalue weighted by molar-refractivity contribution is 0.0901. The quantitative estimate of drug-likeness (QED) is 0.463. The Morgan fingerprint density at radius 3 is 2.73 bits per heavy atom. The molecule has 0 radical (unpaired) electrons. The van der Waals surface area contributed by atoms with Crippen LogP contribution in [0.15, 0.2) is 54.9 Å². The number of ether oxygens (including phenoxy) is 1. The third-order valence-corrected chi connectivity index (χ3v) is 8.98. The first-order valence-corrected chi connectivity index (χ1v) is 15.2. The van der Waals surface area contributed by atoms with Crippen LogP contribution in [0, 0.1) is 0 Å². The van der Waals surface area contributed by atoms with Crippen molar-refractivity contribution in [2.75, 3.05) is 44.6 Å². The molecule has 40 heavy (non-hydrogen) atoms. The van der Waals surface area contributed by atoms with E-state index in [2.05, 4.69) is 60.2 Å². The summed E-state index contributed by atoms with van der Waals surface area (Å²) < 4.78 is 8.38. The van der Waals surface area contributed by atoms with Crippen molar-refractivity contribution >= 4 is 23.0 Å². The monoisotopic (exact) mass is 536 g/mol. The Morgan fingerprint density at radius 2 is 1.88 bits per heavy atom. The summed E-state index contributed by atoms with van der Waals surface area (Å²) in [5.41, 5.74) is 5.31. The van der Waals surface area contributed by atoms with Crippen LogP contribution in [0.2, 0.25) is 0 Å². The van der Waals surface area contributed by atoms with Gasteiger partial charge in [0.25, 0.3) is 0 Å². The van der Waals surface area contributed by atoms with Gasteiger partial charge in [-0.3, -0.25) is 9.67 Å². The van der Waals surface area contributed by atoms with E-state index in [0.29, 0.717) is 0 Å². The summed E-state index contributed by atoms with van der Waals surface area (Å²) >= 11 is 0. The highest BCUT2D eigenvalue weighted by Crippen LogP contribution is 2.35. The topological polar surface area (TPSA) is 58.5 Å². The van der Waals surface area contributed by atoms with Gasteiger partial charge in [0, 0.05) is 42.2 Å². The number of fused-ring (bicyclic) bond motifs is 2. The summed E-state index contributed by atoms with van der Waals surface area (Å²) in [4.78, 5) is 9.99. The van der Waals surface area contributed by atoms with Crippen molar-refractivity contribution in [1.29, 1.82) is 0 Å². The van der Waals surface area contributed by atoms with Crippen molar-refractivity contribution in [3.05, 3.63) is 76.7 Å². The average Bonchev–Trinajstić information content (AvgIpc) is 3.65. The molecule has 4 aliphatic rings. The molecular formula is C33H40N6O.